The molecule has 0 spiro atoms. The van der Waals surface area contributed by atoms with Gasteiger partial charge in [0.15, 0.2) is 0 Å². The summed E-state index contributed by atoms with van der Waals surface area (Å²) >= 11 is 0. The summed E-state index contributed by atoms with van der Waals surface area (Å²) in [6.45, 7) is 5.37. The predicted octanol–water partition coefficient (Wildman–Crippen LogP) is 3.07. The second kappa shape index (κ2) is 6.20. The van der Waals surface area contributed by atoms with Gasteiger partial charge < -0.3 is 10.1 Å². The number of hydrogen-bond acceptors (Lipinski definition) is 3. The van der Waals surface area contributed by atoms with Gasteiger partial charge >= 0.3 is 5.97 Å². The topological polar surface area (TPSA) is 38.3 Å². The molecule has 1 aromatic rings. The standard InChI is InChI=1S/C16H23NO2/c1-3-16(10-11-16)12-17-14(15(18)19-4-2)13-8-6-5-7-9-13/h5-9,14,17H,3-4,10-12H2,1-2H3. The zero-order chi connectivity index (χ0) is 13.7. The molecule has 0 heterocycles. The molecule has 0 saturated heterocycles. The Morgan fingerprint density at radius 1 is 1.32 bits per heavy atom. The van der Waals surface area contributed by atoms with Crippen LogP contribution in [0.5, 0.6) is 0 Å². The lowest BCUT2D eigenvalue weighted by atomic mass is 10.0. The van der Waals surface area contributed by atoms with Crippen molar-refractivity contribution in [3.05, 3.63) is 35.9 Å². The fourth-order valence-electron chi connectivity index (χ4n) is 2.36. The van der Waals surface area contributed by atoms with Crippen LogP contribution in [0.2, 0.25) is 0 Å². The maximum absolute atomic E-state index is 12.1. The maximum Gasteiger partial charge on any atom is 0.327 e. The molecule has 1 atom stereocenters. The second-order valence-corrected chi connectivity index (χ2v) is 5.33. The molecule has 19 heavy (non-hydrogen) atoms. The highest BCUT2D eigenvalue weighted by Crippen LogP contribution is 2.48. The number of hydrogen-bond donors (Lipinski definition) is 1. The zero-order valence-electron chi connectivity index (χ0n) is 11.8. The summed E-state index contributed by atoms with van der Waals surface area (Å²) in [5.74, 6) is -0.180. The van der Waals surface area contributed by atoms with E-state index in [0.717, 1.165) is 12.1 Å². The van der Waals surface area contributed by atoms with Crippen molar-refractivity contribution in [2.24, 2.45) is 5.41 Å². The largest absolute Gasteiger partial charge is 0.465 e. The van der Waals surface area contributed by atoms with Crippen molar-refractivity contribution in [3.8, 4) is 0 Å². The molecule has 1 N–H and O–H groups in total. The third kappa shape index (κ3) is 3.57. The van der Waals surface area contributed by atoms with Crippen molar-refractivity contribution in [1.29, 1.82) is 0 Å². The van der Waals surface area contributed by atoms with Gasteiger partial charge in [-0.2, -0.15) is 0 Å². The Morgan fingerprint density at radius 3 is 2.53 bits per heavy atom. The normalized spacial score (nSPS) is 17.8. The highest BCUT2D eigenvalue weighted by atomic mass is 16.5. The Balaban J connectivity index is 2.04. The molecule has 0 amide bonds. The van der Waals surface area contributed by atoms with Gasteiger partial charge in [-0.25, -0.2) is 4.79 Å². The maximum atomic E-state index is 12.1. The van der Waals surface area contributed by atoms with Crippen LogP contribution in [0.25, 0.3) is 0 Å². The van der Waals surface area contributed by atoms with Gasteiger partial charge in [0.05, 0.1) is 6.61 Å². The number of ether oxygens (including phenoxy) is 1. The van der Waals surface area contributed by atoms with Crippen molar-refractivity contribution in [1.82, 2.24) is 5.32 Å². The van der Waals surface area contributed by atoms with Crippen molar-refractivity contribution < 1.29 is 9.53 Å². The molecule has 1 aromatic carbocycles. The average Bonchev–Trinajstić information content (AvgIpc) is 3.21. The van der Waals surface area contributed by atoms with Crippen molar-refractivity contribution in [3.63, 3.8) is 0 Å². The van der Waals surface area contributed by atoms with Gasteiger partial charge in [-0.1, -0.05) is 37.3 Å². The van der Waals surface area contributed by atoms with E-state index in [9.17, 15) is 4.79 Å². The van der Waals surface area contributed by atoms with E-state index >= 15 is 0 Å². The van der Waals surface area contributed by atoms with Gasteiger partial charge in [-0.3, -0.25) is 0 Å². The second-order valence-electron chi connectivity index (χ2n) is 5.33. The molecule has 1 unspecified atom stereocenters. The molecular weight excluding hydrogens is 238 g/mol. The minimum Gasteiger partial charge on any atom is -0.465 e. The van der Waals surface area contributed by atoms with Crippen molar-refractivity contribution in [2.45, 2.75) is 39.2 Å². The van der Waals surface area contributed by atoms with Crippen LogP contribution in [0, 0.1) is 5.41 Å². The average molecular weight is 261 g/mol. The molecule has 1 aliphatic carbocycles. The van der Waals surface area contributed by atoms with Gasteiger partial charge in [0.2, 0.25) is 0 Å². The molecule has 0 aromatic heterocycles. The van der Waals surface area contributed by atoms with Crippen molar-refractivity contribution in [2.75, 3.05) is 13.2 Å². The number of carbonyl (C=O) groups excluding carboxylic acids is 1. The third-order valence-corrected chi connectivity index (χ3v) is 4.04. The van der Waals surface area contributed by atoms with Gasteiger partial charge in [-0.15, -0.1) is 0 Å². The molecule has 1 aliphatic rings. The first-order chi connectivity index (χ1) is 9.21. The van der Waals surface area contributed by atoms with Crippen molar-refractivity contribution >= 4 is 5.97 Å². The van der Waals surface area contributed by atoms with Crippen LogP contribution in [0.15, 0.2) is 30.3 Å². The van der Waals surface area contributed by atoms with Crippen LogP contribution in [0.4, 0.5) is 0 Å². The third-order valence-electron chi connectivity index (χ3n) is 4.04. The zero-order valence-corrected chi connectivity index (χ0v) is 11.8. The van der Waals surface area contributed by atoms with Gasteiger partial charge in [0.1, 0.15) is 6.04 Å². The summed E-state index contributed by atoms with van der Waals surface area (Å²) in [6.07, 6.45) is 3.70. The van der Waals surface area contributed by atoms with E-state index in [0.29, 0.717) is 12.0 Å². The number of carbonyl (C=O) groups is 1. The fourth-order valence-corrected chi connectivity index (χ4v) is 2.36. The molecule has 3 heteroatoms. The Morgan fingerprint density at radius 2 is 2.00 bits per heavy atom. The molecule has 1 fully saturated rings. The van der Waals surface area contributed by atoms with Crippen LogP contribution in [0.3, 0.4) is 0 Å². The molecule has 104 valence electrons. The van der Waals surface area contributed by atoms with Crippen LogP contribution >= 0.6 is 0 Å². The molecular formula is C16H23NO2. The summed E-state index contributed by atoms with van der Waals surface area (Å²) in [6, 6.07) is 9.47. The first-order valence-corrected chi connectivity index (χ1v) is 7.16. The van der Waals surface area contributed by atoms with E-state index in [2.05, 4.69) is 12.2 Å². The van der Waals surface area contributed by atoms with Gasteiger partial charge in [0, 0.05) is 6.54 Å². The first-order valence-electron chi connectivity index (χ1n) is 7.16. The fraction of sp³-hybridized carbons (Fsp3) is 0.562. The molecule has 0 radical (unpaired) electrons. The molecule has 2 rings (SSSR count). The molecule has 3 nitrogen and oxygen atoms in total. The van der Waals surface area contributed by atoms with E-state index in [1.165, 1.54) is 19.3 Å². The number of benzene rings is 1. The monoisotopic (exact) mass is 261 g/mol. The Labute approximate surface area is 115 Å². The van der Waals surface area contributed by atoms with Crippen LogP contribution in [-0.2, 0) is 9.53 Å². The van der Waals surface area contributed by atoms with Crippen LogP contribution in [-0.4, -0.2) is 19.1 Å². The van der Waals surface area contributed by atoms with Gasteiger partial charge in [-0.05, 0) is 37.2 Å². The van der Waals surface area contributed by atoms with E-state index in [4.69, 9.17) is 4.74 Å². The van der Waals surface area contributed by atoms with E-state index in [1.807, 2.05) is 37.3 Å². The predicted molar refractivity (Wildman–Crippen MR) is 75.8 cm³/mol. The highest BCUT2D eigenvalue weighted by molar-refractivity contribution is 5.77. The quantitative estimate of drug-likeness (QED) is 0.767. The van der Waals surface area contributed by atoms with E-state index < -0.39 is 0 Å². The van der Waals surface area contributed by atoms with E-state index in [-0.39, 0.29) is 12.0 Å². The molecule has 0 bridgehead atoms. The summed E-state index contributed by atoms with van der Waals surface area (Å²) < 4.78 is 5.18. The lowest BCUT2D eigenvalue weighted by Crippen LogP contribution is -2.34. The number of rotatable bonds is 7. The minimum absolute atomic E-state index is 0.180. The Kier molecular flexibility index (Phi) is 4.59. The number of nitrogens with one attached hydrogen (secondary N) is 1. The summed E-state index contributed by atoms with van der Waals surface area (Å²) in [4.78, 5) is 12.1. The summed E-state index contributed by atoms with van der Waals surface area (Å²) in [7, 11) is 0. The lowest BCUT2D eigenvalue weighted by Gasteiger charge is -2.21. The molecule has 1 saturated carbocycles. The molecule has 0 aliphatic heterocycles. The minimum atomic E-state index is -0.342. The first kappa shape index (κ1) is 14.1. The van der Waals surface area contributed by atoms with Crippen LogP contribution in [0.1, 0.15) is 44.7 Å². The Bertz CT molecular complexity index is 412. The SMILES string of the molecule is CCOC(=O)C(NCC1(CC)CC1)c1ccccc1. The number of esters is 1. The lowest BCUT2D eigenvalue weighted by molar-refractivity contribution is -0.145. The summed E-state index contributed by atoms with van der Waals surface area (Å²) in [5.41, 5.74) is 1.40. The van der Waals surface area contributed by atoms with Gasteiger partial charge in [0.25, 0.3) is 0 Å². The highest BCUT2D eigenvalue weighted by Gasteiger charge is 2.41. The summed E-state index contributed by atoms with van der Waals surface area (Å²) in [5, 5.41) is 3.40. The Hall–Kier alpha value is -1.35. The van der Waals surface area contributed by atoms with E-state index in [1.54, 1.807) is 0 Å². The van der Waals surface area contributed by atoms with Crippen LogP contribution < -0.4 is 5.32 Å². The smallest absolute Gasteiger partial charge is 0.327 e.